The van der Waals surface area contributed by atoms with Crippen molar-refractivity contribution in [2.45, 2.75) is 19.3 Å². The van der Waals surface area contributed by atoms with Crippen LogP contribution in [0.25, 0.3) is 10.9 Å². The van der Waals surface area contributed by atoms with E-state index in [1.165, 1.54) is 36.0 Å². The van der Waals surface area contributed by atoms with Gasteiger partial charge in [0.25, 0.3) is 0 Å². The molecule has 0 unspecified atom stereocenters. The van der Waals surface area contributed by atoms with E-state index in [4.69, 9.17) is 9.72 Å². The molecule has 4 heteroatoms. The molecule has 3 nitrogen and oxygen atoms in total. The van der Waals surface area contributed by atoms with Crippen molar-refractivity contribution in [1.82, 2.24) is 4.98 Å². The third-order valence-corrected chi connectivity index (χ3v) is 4.62. The van der Waals surface area contributed by atoms with Gasteiger partial charge in [-0.25, -0.2) is 4.39 Å². The largest absolute Gasteiger partial charge is 0.493 e. The predicted octanol–water partition coefficient (Wildman–Crippen LogP) is 4.60. The SMILES string of the molecule is Fc1cccc(OCCc2cc(N3CCCC3)c3ccccc3n2)c1. The van der Waals surface area contributed by atoms with Crippen molar-refractivity contribution in [3.63, 3.8) is 0 Å². The maximum atomic E-state index is 13.2. The van der Waals surface area contributed by atoms with E-state index < -0.39 is 0 Å². The van der Waals surface area contributed by atoms with Gasteiger partial charge in [-0.3, -0.25) is 4.98 Å². The molecule has 0 saturated carbocycles. The van der Waals surface area contributed by atoms with E-state index in [1.54, 1.807) is 12.1 Å². The van der Waals surface area contributed by atoms with Gasteiger partial charge in [-0.1, -0.05) is 24.3 Å². The van der Waals surface area contributed by atoms with Gasteiger partial charge in [-0.2, -0.15) is 0 Å². The van der Waals surface area contributed by atoms with Crippen LogP contribution >= 0.6 is 0 Å². The number of aromatic nitrogens is 1. The minimum atomic E-state index is -0.280. The van der Waals surface area contributed by atoms with E-state index in [2.05, 4.69) is 29.2 Å². The first-order chi connectivity index (χ1) is 12.3. The summed E-state index contributed by atoms with van der Waals surface area (Å²) in [5.74, 6) is 0.276. The van der Waals surface area contributed by atoms with Gasteiger partial charge in [0.05, 0.1) is 12.1 Å². The smallest absolute Gasteiger partial charge is 0.126 e. The second-order valence-electron chi connectivity index (χ2n) is 6.40. The maximum Gasteiger partial charge on any atom is 0.126 e. The van der Waals surface area contributed by atoms with Crippen LogP contribution in [-0.2, 0) is 6.42 Å². The Balaban J connectivity index is 1.55. The fourth-order valence-corrected chi connectivity index (χ4v) is 3.39. The molecule has 1 aromatic heterocycles. The first-order valence-electron chi connectivity index (χ1n) is 8.81. The van der Waals surface area contributed by atoms with Gasteiger partial charge in [0.2, 0.25) is 0 Å². The number of halogens is 1. The number of nitrogens with zero attached hydrogens (tertiary/aromatic N) is 2. The molecule has 25 heavy (non-hydrogen) atoms. The van der Waals surface area contributed by atoms with Gasteiger partial charge < -0.3 is 9.64 Å². The summed E-state index contributed by atoms with van der Waals surface area (Å²) in [7, 11) is 0. The van der Waals surface area contributed by atoms with Crippen LogP contribution in [-0.4, -0.2) is 24.7 Å². The average molecular weight is 336 g/mol. The fraction of sp³-hybridized carbons (Fsp3) is 0.286. The summed E-state index contributed by atoms with van der Waals surface area (Å²) in [6.45, 7) is 2.69. The number of benzene rings is 2. The summed E-state index contributed by atoms with van der Waals surface area (Å²) in [4.78, 5) is 7.22. The molecule has 1 aliphatic heterocycles. The lowest BCUT2D eigenvalue weighted by molar-refractivity contribution is 0.319. The highest BCUT2D eigenvalue weighted by molar-refractivity contribution is 5.92. The van der Waals surface area contributed by atoms with Crippen LogP contribution < -0.4 is 9.64 Å². The first-order valence-corrected chi connectivity index (χ1v) is 8.81. The summed E-state index contributed by atoms with van der Waals surface area (Å²) in [5, 5.41) is 1.21. The zero-order valence-corrected chi connectivity index (χ0v) is 14.1. The molecular formula is C21H21FN2O. The van der Waals surface area contributed by atoms with Crippen molar-refractivity contribution < 1.29 is 9.13 Å². The zero-order valence-electron chi connectivity index (χ0n) is 14.1. The Morgan fingerprint density at radius 3 is 2.68 bits per heavy atom. The second-order valence-corrected chi connectivity index (χ2v) is 6.40. The van der Waals surface area contributed by atoms with Crippen molar-refractivity contribution >= 4 is 16.6 Å². The molecule has 1 fully saturated rings. The average Bonchev–Trinajstić information content (AvgIpc) is 3.16. The highest BCUT2D eigenvalue weighted by Crippen LogP contribution is 2.29. The van der Waals surface area contributed by atoms with E-state index in [-0.39, 0.29) is 5.82 Å². The summed E-state index contributed by atoms with van der Waals surface area (Å²) >= 11 is 0. The van der Waals surface area contributed by atoms with Crippen LogP contribution in [0.1, 0.15) is 18.5 Å². The van der Waals surface area contributed by atoms with Gasteiger partial charge in [0.1, 0.15) is 11.6 Å². The molecule has 4 rings (SSSR count). The molecule has 0 aliphatic carbocycles. The molecule has 2 aromatic carbocycles. The minimum absolute atomic E-state index is 0.280. The van der Waals surface area contributed by atoms with Gasteiger partial charge in [0.15, 0.2) is 0 Å². The molecule has 1 aliphatic rings. The van der Waals surface area contributed by atoms with E-state index in [0.717, 1.165) is 24.3 Å². The Bertz CT molecular complexity index is 875. The lowest BCUT2D eigenvalue weighted by atomic mass is 10.1. The van der Waals surface area contributed by atoms with E-state index in [9.17, 15) is 4.39 Å². The summed E-state index contributed by atoms with van der Waals surface area (Å²) in [6.07, 6.45) is 3.19. The maximum absolute atomic E-state index is 13.2. The topological polar surface area (TPSA) is 25.4 Å². The van der Waals surface area contributed by atoms with Crippen molar-refractivity contribution in [3.05, 3.63) is 66.1 Å². The van der Waals surface area contributed by atoms with Crippen LogP contribution in [0, 0.1) is 5.82 Å². The zero-order chi connectivity index (χ0) is 17.1. The van der Waals surface area contributed by atoms with Crippen molar-refractivity contribution in [3.8, 4) is 5.75 Å². The monoisotopic (exact) mass is 336 g/mol. The second kappa shape index (κ2) is 7.09. The van der Waals surface area contributed by atoms with Gasteiger partial charge in [-0.05, 0) is 37.1 Å². The third kappa shape index (κ3) is 3.58. The van der Waals surface area contributed by atoms with Crippen LogP contribution in [0.4, 0.5) is 10.1 Å². The standard InChI is InChI=1S/C21H21FN2O/c22-16-6-5-7-18(14-16)25-13-10-17-15-21(24-11-3-4-12-24)19-8-1-2-9-20(19)23-17/h1-2,5-9,14-15H,3-4,10-13H2. The van der Waals surface area contributed by atoms with Gasteiger partial charge in [-0.15, -0.1) is 0 Å². The first kappa shape index (κ1) is 15.9. The minimum Gasteiger partial charge on any atom is -0.493 e. The quantitative estimate of drug-likeness (QED) is 0.681. The summed E-state index contributed by atoms with van der Waals surface area (Å²) in [6, 6.07) is 16.7. The van der Waals surface area contributed by atoms with Crippen LogP contribution in [0.5, 0.6) is 5.75 Å². The fourth-order valence-electron chi connectivity index (χ4n) is 3.39. The lowest BCUT2D eigenvalue weighted by Crippen LogP contribution is -2.18. The number of para-hydroxylation sites is 1. The third-order valence-electron chi connectivity index (χ3n) is 4.62. The van der Waals surface area contributed by atoms with Gasteiger partial charge >= 0.3 is 0 Å². The van der Waals surface area contributed by atoms with Crippen molar-refractivity contribution in [2.75, 3.05) is 24.6 Å². The molecule has 3 aromatic rings. The van der Waals surface area contributed by atoms with Gasteiger partial charge in [0, 0.05) is 42.3 Å². The molecular weight excluding hydrogens is 315 g/mol. The Hall–Kier alpha value is -2.62. The number of anilines is 1. The normalized spacial score (nSPS) is 14.2. The number of fused-ring (bicyclic) bond motifs is 1. The number of hydrogen-bond donors (Lipinski definition) is 0. The molecule has 0 spiro atoms. The molecule has 2 heterocycles. The van der Waals surface area contributed by atoms with E-state index in [0.29, 0.717) is 18.8 Å². The Morgan fingerprint density at radius 2 is 1.84 bits per heavy atom. The molecule has 1 saturated heterocycles. The van der Waals surface area contributed by atoms with Crippen LogP contribution in [0.3, 0.4) is 0 Å². The summed E-state index contributed by atoms with van der Waals surface area (Å²) < 4.78 is 18.9. The number of pyridine rings is 1. The molecule has 0 bridgehead atoms. The molecule has 0 atom stereocenters. The lowest BCUT2D eigenvalue weighted by Gasteiger charge is -2.20. The molecule has 0 N–H and O–H groups in total. The molecule has 0 radical (unpaired) electrons. The highest BCUT2D eigenvalue weighted by atomic mass is 19.1. The molecule has 0 amide bonds. The number of hydrogen-bond acceptors (Lipinski definition) is 3. The van der Waals surface area contributed by atoms with E-state index in [1.807, 2.05) is 6.07 Å². The summed E-state index contributed by atoms with van der Waals surface area (Å²) in [5.41, 5.74) is 3.30. The predicted molar refractivity (Wildman–Crippen MR) is 98.8 cm³/mol. The van der Waals surface area contributed by atoms with Crippen molar-refractivity contribution in [2.24, 2.45) is 0 Å². The highest BCUT2D eigenvalue weighted by Gasteiger charge is 2.16. The van der Waals surface area contributed by atoms with Crippen LogP contribution in [0.2, 0.25) is 0 Å². The Kier molecular flexibility index (Phi) is 4.51. The molecule has 128 valence electrons. The van der Waals surface area contributed by atoms with Crippen molar-refractivity contribution in [1.29, 1.82) is 0 Å². The van der Waals surface area contributed by atoms with Crippen LogP contribution in [0.15, 0.2) is 54.6 Å². The number of rotatable bonds is 5. The Labute approximate surface area is 147 Å². The number of ether oxygens (including phenoxy) is 1. The Morgan fingerprint density at radius 1 is 1.00 bits per heavy atom. The van der Waals surface area contributed by atoms with E-state index >= 15 is 0 Å².